The van der Waals surface area contributed by atoms with Crippen molar-refractivity contribution in [3.8, 4) is 0 Å². The first-order valence-electron chi connectivity index (χ1n) is 5.12. The van der Waals surface area contributed by atoms with E-state index >= 15 is 0 Å². The fourth-order valence-corrected chi connectivity index (χ4v) is 1.38. The minimum Gasteiger partial charge on any atom is -0.311 e. The maximum absolute atomic E-state index is 12.6. The summed E-state index contributed by atoms with van der Waals surface area (Å²) in [4.78, 5) is 3.85. The van der Waals surface area contributed by atoms with Crippen molar-refractivity contribution in [3.63, 3.8) is 0 Å². The zero-order valence-corrected chi connectivity index (χ0v) is 10.0. The van der Waals surface area contributed by atoms with E-state index in [4.69, 9.17) is 0 Å². The Morgan fingerprint density at radius 2 is 2.00 bits per heavy atom. The van der Waals surface area contributed by atoms with Crippen LogP contribution < -0.4 is 5.32 Å². The van der Waals surface area contributed by atoms with Crippen LogP contribution in [0.25, 0.3) is 0 Å². The van der Waals surface area contributed by atoms with Crippen LogP contribution in [0.3, 0.4) is 0 Å². The minimum absolute atomic E-state index is 0. The Morgan fingerprint density at radius 3 is 2.65 bits per heavy atom. The fraction of sp³-hybridized carbons (Fsp3) is 0.273. The average molecular weight is 257 g/mol. The largest absolute Gasteiger partial charge is 0.311 e. The van der Waals surface area contributed by atoms with Crippen LogP contribution in [0, 0.1) is 5.82 Å². The third-order valence-corrected chi connectivity index (χ3v) is 2.23. The van der Waals surface area contributed by atoms with Gasteiger partial charge in [-0.2, -0.15) is 5.10 Å². The molecule has 2 rings (SSSR count). The molecule has 1 aromatic carbocycles. The molecule has 2 aromatic rings. The Balaban J connectivity index is 0.00000144. The van der Waals surface area contributed by atoms with Gasteiger partial charge in [0, 0.05) is 13.1 Å². The van der Waals surface area contributed by atoms with Gasteiger partial charge in [-0.25, -0.2) is 9.37 Å². The molecule has 0 unspecified atom stereocenters. The lowest BCUT2D eigenvalue weighted by Gasteiger charge is -2.04. The lowest BCUT2D eigenvalue weighted by atomic mass is 10.2. The molecule has 0 radical (unpaired) electrons. The Hall–Kier alpha value is -1.46. The molecule has 0 saturated carbocycles. The maximum Gasteiger partial charge on any atom is 0.137 e. The summed E-state index contributed by atoms with van der Waals surface area (Å²) >= 11 is 0. The Bertz CT molecular complexity index is 416. The number of nitrogens with zero attached hydrogens (tertiary/aromatic N) is 3. The van der Waals surface area contributed by atoms with E-state index in [0.717, 1.165) is 25.2 Å². The van der Waals surface area contributed by atoms with Crippen LogP contribution in [-0.4, -0.2) is 21.3 Å². The summed E-state index contributed by atoms with van der Waals surface area (Å²) in [6.45, 7) is 2.32. The topological polar surface area (TPSA) is 42.7 Å². The van der Waals surface area contributed by atoms with Crippen LogP contribution in [0.5, 0.6) is 0 Å². The van der Waals surface area contributed by atoms with E-state index in [9.17, 15) is 4.39 Å². The summed E-state index contributed by atoms with van der Waals surface area (Å²) in [6, 6.07) is 6.48. The van der Waals surface area contributed by atoms with Gasteiger partial charge in [0.2, 0.25) is 0 Å². The zero-order valence-electron chi connectivity index (χ0n) is 9.21. The fourth-order valence-electron chi connectivity index (χ4n) is 1.38. The van der Waals surface area contributed by atoms with Crippen molar-refractivity contribution in [2.45, 2.75) is 13.1 Å². The van der Waals surface area contributed by atoms with Gasteiger partial charge in [0.1, 0.15) is 18.5 Å². The smallest absolute Gasteiger partial charge is 0.137 e. The van der Waals surface area contributed by atoms with Crippen LogP contribution in [0.2, 0.25) is 0 Å². The molecule has 1 heterocycles. The first kappa shape index (κ1) is 13.6. The molecule has 92 valence electrons. The molecule has 6 heteroatoms. The highest BCUT2D eigenvalue weighted by Crippen LogP contribution is 2.01. The zero-order chi connectivity index (χ0) is 11.2. The maximum atomic E-state index is 12.6. The van der Waals surface area contributed by atoms with Gasteiger partial charge in [-0.3, -0.25) is 4.68 Å². The van der Waals surface area contributed by atoms with Gasteiger partial charge < -0.3 is 5.32 Å². The first-order valence-corrected chi connectivity index (χ1v) is 5.12. The first-order chi connectivity index (χ1) is 7.84. The highest BCUT2D eigenvalue weighted by atomic mass is 35.5. The van der Waals surface area contributed by atoms with Gasteiger partial charge in [-0.15, -0.1) is 12.4 Å². The molecule has 0 amide bonds. The average Bonchev–Trinajstić information content (AvgIpc) is 2.80. The summed E-state index contributed by atoms with van der Waals surface area (Å²) in [5.41, 5.74) is 1.07. The van der Waals surface area contributed by atoms with Crippen molar-refractivity contribution in [1.82, 2.24) is 20.1 Å². The molecule has 0 aliphatic carbocycles. The summed E-state index contributed by atoms with van der Waals surface area (Å²) in [5, 5.41) is 7.24. The lowest BCUT2D eigenvalue weighted by molar-refractivity contribution is 0.553. The number of aromatic nitrogens is 3. The molecule has 0 fully saturated rings. The van der Waals surface area contributed by atoms with E-state index in [0.29, 0.717) is 0 Å². The van der Waals surface area contributed by atoms with Crippen molar-refractivity contribution in [1.29, 1.82) is 0 Å². The van der Waals surface area contributed by atoms with Gasteiger partial charge in [-0.1, -0.05) is 12.1 Å². The van der Waals surface area contributed by atoms with Crippen LogP contribution >= 0.6 is 12.4 Å². The minimum atomic E-state index is -0.202. The van der Waals surface area contributed by atoms with E-state index in [-0.39, 0.29) is 18.2 Å². The third kappa shape index (κ3) is 4.50. The molecule has 0 aliphatic heterocycles. The SMILES string of the molecule is Cl.Fc1ccc(CNCCn2cncn2)cc1. The van der Waals surface area contributed by atoms with Crippen molar-refractivity contribution in [2.75, 3.05) is 6.54 Å². The standard InChI is InChI=1S/C11H13FN4.ClH/c12-11-3-1-10(2-4-11)7-13-5-6-16-9-14-8-15-16;/h1-4,8-9,13H,5-7H2;1H. The number of hydrogen-bond donors (Lipinski definition) is 1. The van der Waals surface area contributed by atoms with Crippen LogP contribution in [0.1, 0.15) is 5.56 Å². The number of halogens is 2. The normalized spacial score (nSPS) is 9.94. The molecule has 0 atom stereocenters. The number of hydrogen-bond acceptors (Lipinski definition) is 3. The van der Waals surface area contributed by atoms with Gasteiger partial charge in [0.25, 0.3) is 0 Å². The summed E-state index contributed by atoms with van der Waals surface area (Å²) in [5.74, 6) is -0.202. The highest BCUT2D eigenvalue weighted by Gasteiger charge is 1.94. The second-order valence-electron chi connectivity index (χ2n) is 3.46. The number of benzene rings is 1. The van der Waals surface area contributed by atoms with Crippen LogP contribution in [0.4, 0.5) is 4.39 Å². The monoisotopic (exact) mass is 256 g/mol. The van der Waals surface area contributed by atoms with Crippen molar-refractivity contribution >= 4 is 12.4 Å². The summed E-state index contributed by atoms with van der Waals surface area (Å²) in [6.07, 6.45) is 3.19. The van der Waals surface area contributed by atoms with Crippen molar-refractivity contribution < 1.29 is 4.39 Å². The van der Waals surface area contributed by atoms with Crippen LogP contribution in [0.15, 0.2) is 36.9 Å². The number of nitrogens with one attached hydrogen (secondary N) is 1. The second kappa shape index (κ2) is 6.98. The quantitative estimate of drug-likeness (QED) is 0.827. The van der Waals surface area contributed by atoms with Gasteiger partial charge >= 0.3 is 0 Å². The van der Waals surface area contributed by atoms with E-state index in [1.807, 2.05) is 0 Å². The molecule has 0 saturated heterocycles. The molecule has 1 N–H and O–H groups in total. The predicted octanol–water partition coefficient (Wildman–Crippen LogP) is 1.63. The molecular weight excluding hydrogens is 243 g/mol. The van der Waals surface area contributed by atoms with Crippen molar-refractivity contribution in [2.24, 2.45) is 0 Å². The van der Waals surface area contributed by atoms with Gasteiger partial charge in [0.05, 0.1) is 6.54 Å². The Kier molecular flexibility index (Phi) is 5.59. The predicted molar refractivity (Wildman–Crippen MR) is 65.4 cm³/mol. The molecule has 4 nitrogen and oxygen atoms in total. The third-order valence-electron chi connectivity index (χ3n) is 2.23. The van der Waals surface area contributed by atoms with E-state index < -0.39 is 0 Å². The van der Waals surface area contributed by atoms with Gasteiger partial charge in [0.15, 0.2) is 0 Å². The molecule has 1 aromatic heterocycles. The Morgan fingerprint density at radius 1 is 1.24 bits per heavy atom. The van der Waals surface area contributed by atoms with E-state index in [1.54, 1.807) is 23.1 Å². The Labute approximate surface area is 105 Å². The number of rotatable bonds is 5. The molecule has 0 spiro atoms. The second-order valence-corrected chi connectivity index (χ2v) is 3.46. The molecular formula is C11H14ClFN4. The summed E-state index contributed by atoms with van der Waals surface area (Å²) in [7, 11) is 0. The van der Waals surface area contributed by atoms with E-state index in [1.165, 1.54) is 18.5 Å². The van der Waals surface area contributed by atoms with Gasteiger partial charge in [-0.05, 0) is 17.7 Å². The molecule has 0 aliphatic rings. The van der Waals surface area contributed by atoms with Crippen molar-refractivity contribution in [3.05, 3.63) is 48.3 Å². The summed E-state index contributed by atoms with van der Waals surface area (Å²) < 4.78 is 14.4. The molecule has 0 bridgehead atoms. The molecule has 17 heavy (non-hydrogen) atoms. The van der Waals surface area contributed by atoms with Crippen LogP contribution in [-0.2, 0) is 13.1 Å². The van der Waals surface area contributed by atoms with E-state index in [2.05, 4.69) is 15.4 Å². The highest BCUT2D eigenvalue weighted by molar-refractivity contribution is 5.85. The lowest BCUT2D eigenvalue weighted by Crippen LogP contribution is -2.19.